The number of rotatable bonds is 7. The fraction of sp³-hybridized carbons (Fsp3) is 0.333. The Balaban J connectivity index is 1.58. The van der Waals surface area contributed by atoms with Gasteiger partial charge in [-0.3, -0.25) is 4.99 Å². The number of furan rings is 1. The highest BCUT2D eigenvalue weighted by Gasteiger charge is 2.11. The first-order chi connectivity index (χ1) is 13.5. The number of nitrogens with one attached hydrogen (secondary N) is 2. The molecule has 1 unspecified atom stereocenters. The summed E-state index contributed by atoms with van der Waals surface area (Å²) < 4.78 is 20.5. The smallest absolute Gasteiger partial charge is 0.191 e. The summed E-state index contributed by atoms with van der Waals surface area (Å²) in [5, 5.41) is 11.1. The molecule has 0 aliphatic rings. The number of nitrogens with zero attached hydrogens (tertiary/aromatic N) is 3. The van der Waals surface area contributed by atoms with Gasteiger partial charge in [-0.2, -0.15) is 5.10 Å². The van der Waals surface area contributed by atoms with E-state index in [2.05, 4.69) is 20.7 Å². The molecule has 0 amide bonds. The molecule has 1 aromatic carbocycles. The van der Waals surface area contributed by atoms with E-state index in [1.54, 1.807) is 16.8 Å². The van der Waals surface area contributed by atoms with Crippen LogP contribution in [0, 0.1) is 12.7 Å². The first-order valence-corrected chi connectivity index (χ1v) is 9.47. The van der Waals surface area contributed by atoms with Crippen LogP contribution in [0.4, 0.5) is 4.39 Å². The average molecular weight is 383 g/mol. The van der Waals surface area contributed by atoms with Gasteiger partial charge in [-0.1, -0.05) is 0 Å². The first kappa shape index (κ1) is 19.7. The third-order valence-electron chi connectivity index (χ3n) is 4.26. The third-order valence-corrected chi connectivity index (χ3v) is 4.26. The average Bonchev–Trinajstić information content (AvgIpc) is 3.32. The van der Waals surface area contributed by atoms with E-state index in [1.165, 1.54) is 12.1 Å². The van der Waals surface area contributed by atoms with E-state index in [0.29, 0.717) is 13.0 Å². The molecule has 2 aromatic heterocycles. The van der Waals surface area contributed by atoms with Gasteiger partial charge in [-0.05, 0) is 63.2 Å². The molecule has 0 aliphatic carbocycles. The van der Waals surface area contributed by atoms with Crippen LogP contribution >= 0.6 is 0 Å². The highest BCUT2D eigenvalue weighted by molar-refractivity contribution is 5.80. The minimum Gasteiger partial charge on any atom is -0.464 e. The number of aryl methyl sites for hydroxylation is 1. The Labute approximate surface area is 164 Å². The Hall–Kier alpha value is -3.09. The van der Waals surface area contributed by atoms with Gasteiger partial charge >= 0.3 is 0 Å². The third kappa shape index (κ3) is 5.22. The molecule has 3 rings (SSSR count). The second kappa shape index (κ2) is 9.21. The van der Waals surface area contributed by atoms with Crippen LogP contribution in [0.15, 0.2) is 58.1 Å². The van der Waals surface area contributed by atoms with Gasteiger partial charge in [0.1, 0.15) is 17.3 Å². The molecule has 6 nitrogen and oxygen atoms in total. The minimum atomic E-state index is -0.257. The van der Waals surface area contributed by atoms with Crippen molar-refractivity contribution in [3.63, 3.8) is 0 Å². The number of guanidine groups is 1. The SMILES string of the molecule is CCNC(=NCCc1ccn(-c2ccc(F)cc2)n1)NC(C)c1ccc(C)o1. The predicted octanol–water partition coefficient (Wildman–Crippen LogP) is 3.77. The summed E-state index contributed by atoms with van der Waals surface area (Å²) in [4.78, 5) is 4.63. The van der Waals surface area contributed by atoms with Crippen molar-refractivity contribution in [2.24, 2.45) is 4.99 Å². The maximum Gasteiger partial charge on any atom is 0.191 e. The van der Waals surface area contributed by atoms with E-state index in [1.807, 2.05) is 45.2 Å². The van der Waals surface area contributed by atoms with E-state index in [0.717, 1.165) is 35.4 Å². The molecular formula is C21H26FN5O. The molecule has 28 heavy (non-hydrogen) atoms. The topological polar surface area (TPSA) is 67.4 Å². The van der Waals surface area contributed by atoms with Gasteiger partial charge in [0, 0.05) is 25.7 Å². The summed E-state index contributed by atoms with van der Waals surface area (Å²) >= 11 is 0. The van der Waals surface area contributed by atoms with Crippen LogP contribution in [0.5, 0.6) is 0 Å². The van der Waals surface area contributed by atoms with E-state index in [-0.39, 0.29) is 11.9 Å². The molecule has 1 atom stereocenters. The van der Waals surface area contributed by atoms with Crippen molar-refractivity contribution in [3.05, 3.63) is 71.7 Å². The lowest BCUT2D eigenvalue weighted by Crippen LogP contribution is -2.38. The lowest BCUT2D eigenvalue weighted by molar-refractivity contribution is 0.441. The molecule has 3 aromatic rings. The fourth-order valence-electron chi connectivity index (χ4n) is 2.80. The molecule has 0 fully saturated rings. The number of hydrogen-bond acceptors (Lipinski definition) is 3. The quantitative estimate of drug-likeness (QED) is 0.481. The molecule has 2 N–H and O–H groups in total. The second-order valence-corrected chi connectivity index (χ2v) is 6.55. The van der Waals surface area contributed by atoms with Crippen LogP contribution in [0.1, 0.15) is 37.1 Å². The molecule has 0 saturated carbocycles. The monoisotopic (exact) mass is 383 g/mol. The molecule has 0 radical (unpaired) electrons. The van der Waals surface area contributed by atoms with E-state index >= 15 is 0 Å². The minimum absolute atomic E-state index is 0.0178. The Morgan fingerprint density at radius 3 is 2.68 bits per heavy atom. The summed E-state index contributed by atoms with van der Waals surface area (Å²) in [5.74, 6) is 2.25. The van der Waals surface area contributed by atoms with Crippen LogP contribution in [0.3, 0.4) is 0 Å². The molecule has 0 saturated heterocycles. The van der Waals surface area contributed by atoms with Crippen molar-refractivity contribution in [1.29, 1.82) is 0 Å². The zero-order chi connectivity index (χ0) is 19.9. The van der Waals surface area contributed by atoms with Crippen molar-refractivity contribution in [1.82, 2.24) is 20.4 Å². The molecular weight excluding hydrogens is 357 g/mol. The maximum atomic E-state index is 13.1. The van der Waals surface area contributed by atoms with Gasteiger partial charge in [-0.25, -0.2) is 9.07 Å². The lowest BCUT2D eigenvalue weighted by atomic mass is 10.2. The predicted molar refractivity (Wildman–Crippen MR) is 108 cm³/mol. The number of aliphatic imine (C=N–C) groups is 1. The molecule has 0 aliphatic heterocycles. The first-order valence-electron chi connectivity index (χ1n) is 9.47. The van der Waals surface area contributed by atoms with Crippen molar-refractivity contribution < 1.29 is 8.81 Å². The standard InChI is InChI=1S/C21H26FN5O/c1-4-23-21(25-16(3)20-10-5-15(2)28-20)24-13-11-18-12-14-27(26-18)19-8-6-17(22)7-9-19/h5-10,12,14,16H,4,11,13H2,1-3H3,(H2,23,24,25). The molecule has 7 heteroatoms. The second-order valence-electron chi connectivity index (χ2n) is 6.55. The highest BCUT2D eigenvalue weighted by Crippen LogP contribution is 2.15. The number of benzene rings is 1. The molecule has 0 bridgehead atoms. The van der Waals surface area contributed by atoms with Gasteiger partial charge in [0.2, 0.25) is 0 Å². The highest BCUT2D eigenvalue weighted by atomic mass is 19.1. The Bertz CT molecular complexity index is 913. The van der Waals surface area contributed by atoms with Crippen LogP contribution in [0.25, 0.3) is 5.69 Å². The Morgan fingerprint density at radius 2 is 2.00 bits per heavy atom. The molecule has 2 heterocycles. The van der Waals surface area contributed by atoms with Gasteiger partial charge in [0.05, 0.1) is 17.4 Å². The largest absolute Gasteiger partial charge is 0.464 e. The van der Waals surface area contributed by atoms with Crippen molar-refractivity contribution in [2.45, 2.75) is 33.2 Å². The lowest BCUT2D eigenvalue weighted by Gasteiger charge is -2.16. The van der Waals surface area contributed by atoms with Crippen molar-refractivity contribution >= 4 is 5.96 Å². The number of aromatic nitrogens is 2. The van der Waals surface area contributed by atoms with Crippen LogP contribution in [0.2, 0.25) is 0 Å². The van der Waals surface area contributed by atoms with Gasteiger partial charge in [0.25, 0.3) is 0 Å². The Kier molecular flexibility index (Phi) is 6.47. The maximum absolute atomic E-state index is 13.1. The van der Waals surface area contributed by atoms with Gasteiger partial charge < -0.3 is 15.1 Å². The van der Waals surface area contributed by atoms with Crippen molar-refractivity contribution in [2.75, 3.05) is 13.1 Å². The van der Waals surface area contributed by atoms with Gasteiger partial charge in [-0.15, -0.1) is 0 Å². The summed E-state index contributed by atoms with van der Waals surface area (Å²) in [6.07, 6.45) is 2.58. The summed E-state index contributed by atoms with van der Waals surface area (Å²) in [6.45, 7) is 7.37. The number of hydrogen-bond donors (Lipinski definition) is 2. The van der Waals surface area contributed by atoms with Crippen LogP contribution < -0.4 is 10.6 Å². The van der Waals surface area contributed by atoms with Crippen LogP contribution in [-0.4, -0.2) is 28.8 Å². The zero-order valence-corrected chi connectivity index (χ0v) is 16.4. The molecule has 0 spiro atoms. The van der Waals surface area contributed by atoms with E-state index in [9.17, 15) is 4.39 Å². The Morgan fingerprint density at radius 1 is 1.21 bits per heavy atom. The molecule has 148 valence electrons. The van der Waals surface area contributed by atoms with E-state index in [4.69, 9.17) is 4.42 Å². The van der Waals surface area contributed by atoms with E-state index < -0.39 is 0 Å². The fourth-order valence-corrected chi connectivity index (χ4v) is 2.80. The summed E-state index contributed by atoms with van der Waals surface area (Å²) in [6, 6.07) is 12.2. The summed E-state index contributed by atoms with van der Waals surface area (Å²) in [5.41, 5.74) is 1.76. The van der Waals surface area contributed by atoms with Gasteiger partial charge in [0.15, 0.2) is 5.96 Å². The van der Waals surface area contributed by atoms with Crippen LogP contribution in [-0.2, 0) is 6.42 Å². The normalized spacial score (nSPS) is 12.8. The number of halogens is 1. The van der Waals surface area contributed by atoms with Crippen molar-refractivity contribution in [3.8, 4) is 5.69 Å². The zero-order valence-electron chi connectivity index (χ0n) is 16.4. The summed E-state index contributed by atoms with van der Waals surface area (Å²) in [7, 11) is 0.